The summed E-state index contributed by atoms with van der Waals surface area (Å²) in [5.41, 5.74) is 2.81. The van der Waals surface area contributed by atoms with Crippen molar-refractivity contribution in [2.24, 2.45) is 0 Å². The average Bonchev–Trinajstić information content (AvgIpc) is 3.21. The molecule has 0 aliphatic heterocycles. The van der Waals surface area contributed by atoms with Crippen LogP contribution >= 0.6 is 11.3 Å². The topological polar surface area (TPSA) is 61.4 Å². The molecule has 2 heterocycles. The van der Waals surface area contributed by atoms with Gasteiger partial charge in [-0.05, 0) is 50.0 Å². The predicted molar refractivity (Wildman–Crippen MR) is 110 cm³/mol. The largest absolute Gasteiger partial charge is 0.322 e. The van der Waals surface area contributed by atoms with Gasteiger partial charge in [0.05, 0.1) is 0 Å². The molecule has 2 amide bonds. The normalized spacial score (nSPS) is 10.8. The molecule has 6 nitrogen and oxygen atoms in total. The van der Waals surface area contributed by atoms with Crippen LogP contribution in [0.15, 0.2) is 60.4 Å². The molecule has 0 radical (unpaired) electrons. The number of nitrogens with one attached hydrogen (secondary N) is 1. The van der Waals surface area contributed by atoms with E-state index in [1.54, 1.807) is 34.8 Å². The summed E-state index contributed by atoms with van der Waals surface area (Å²) in [6.45, 7) is 1.94. The number of urea groups is 1. The Kier molecular flexibility index (Phi) is 6.51. The SMILES string of the molecule is CN(C)CCN(Cc1cccnc1)C(=O)Nc1ccc(-c2nccs2)cc1. The molecular weight excluding hydrogens is 358 g/mol. The second-order valence-electron chi connectivity index (χ2n) is 6.43. The van der Waals surface area contributed by atoms with Gasteiger partial charge in [-0.25, -0.2) is 9.78 Å². The molecule has 3 rings (SSSR count). The van der Waals surface area contributed by atoms with E-state index in [2.05, 4.69) is 20.2 Å². The van der Waals surface area contributed by atoms with Crippen molar-refractivity contribution in [1.82, 2.24) is 19.8 Å². The number of amides is 2. The molecule has 2 aromatic heterocycles. The van der Waals surface area contributed by atoms with Crippen LogP contribution < -0.4 is 5.32 Å². The first-order valence-electron chi connectivity index (χ1n) is 8.71. The van der Waals surface area contributed by atoms with Gasteiger partial charge in [-0.15, -0.1) is 11.3 Å². The summed E-state index contributed by atoms with van der Waals surface area (Å²) in [5, 5.41) is 5.91. The molecule has 0 spiro atoms. The van der Waals surface area contributed by atoms with Gasteiger partial charge in [0.2, 0.25) is 0 Å². The van der Waals surface area contributed by atoms with E-state index in [-0.39, 0.29) is 6.03 Å². The summed E-state index contributed by atoms with van der Waals surface area (Å²) in [6, 6.07) is 11.5. The maximum absolute atomic E-state index is 12.8. The Labute approximate surface area is 163 Å². The van der Waals surface area contributed by atoms with E-state index in [9.17, 15) is 4.79 Å². The molecule has 0 bridgehead atoms. The number of likely N-dealkylation sites (N-methyl/N-ethyl adjacent to an activating group) is 1. The molecule has 1 aromatic carbocycles. The highest BCUT2D eigenvalue weighted by atomic mass is 32.1. The number of nitrogens with zero attached hydrogens (tertiary/aromatic N) is 4. The molecule has 0 atom stereocenters. The lowest BCUT2D eigenvalue weighted by Gasteiger charge is -2.24. The minimum absolute atomic E-state index is 0.122. The van der Waals surface area contributed by atoms with Gasteiger partial charge in [-0.1, -0.05) is 6.07 Å². The van der Waals surface area contributed by atoms with E-state index in [1.165, 1.54) is 0 Å². The summed E-state index contributed by atoms with van der Waals surface area (Å²) in [6.07, 6.45) is 5.31. The van der Waals surface area contributed by atoms with Crippen molar-refractivity contribution in [1.29, 1.82) is 0 Å². The maximum Gasteiger partial charge on any atom is 0.322 e. The zero-order valence-corrected chi connectivity index (χ0v) is 16.3. The van der Waals surface area contributed by atoms with E-state index >= 15 is 0 Å². The Morgan fingerprint density at radius 1 is 1.11 bits per heavy atom. The fraction of sp³-hybridized carbons (Fsp3) is 0.250. The van der Waals surface area contributed by atoms with Gasteiger partial charge in [-0.2, -0.15) is 0 Å². The van der Waals surface area contributed by atoms with Crippen LogP contribution in [-0.2, 0) is 6.54 Å². The highest BCUT2D eigenvalue weighted by Gasteiger charge is 2.15. The first kappa shape index (κ1) is 19.0. The molecular formula is C20H23N5OS. The van der Waals surface area contributed by atoms with E-state index in [4.69, 9.17) is 0 Å². The molecule has 0 unspecified atom stereocenters. The first-order chi connectivity index (χ1) is 13.1. The van der Waals surface area contributed by atoms with Gasteiger partial charge >= 0.3 is 6.03 Å². The smallest absolute Gasteiger partial charge is 0.319 e. The quantitative estimate of drug-likeness (QED) is 0.676. The number of carbonyl (C=O) groups excluding carboxylic acids is 1. The lowest BCUT2D eigenvalue weighted by molar-refractivity contribution is 0.202. The fourth-order valence-corrected chi connectivity index (χ4v) is 3.19. The Morgan fingerprint density at radius 2 is 1.93 bits per heavy atom. The van der Waals surface area contributed by atoms with Crippen LogP contribution in [0, 0.1) is 0 Å². The van der Waals surface area contributed by atoms with Crippen molar-refractivity contribution < 1.29 is 4.79 Å². The predicted octanol–water partition coefficient (Wildman–Crippen LogP) is 3.80. The number of anilines is 1. The number of benzene rings is 1. The van der Waals surface area contributed by atoms with E-state index < -0.39 is 0 Å². The highest BCUT2D eigenvalue weighted by molar-refractivity contribution is 7.13. The van der Waals surface area contributed by atoms with Crippen LogP contribution in [0.1, 0.15) is 5.56 Å². The van der Waals surface area contributed by atoms with Crippen LogP contribution in [0.3, 0.4) is 0 Å². The number of hydrogen-bond acceptors (Lipinski definition) is 5. The Hall–Kier alpha value is -2.77. The van der Waals surface area contributed by atoms with Crippen molar-refractivity contribution >= 4 is 23.1 Å². The third-order valence-electron chi connectivity index (χ3n) is 4.02. The summed E-state index contributed by atoms with van der Waals surface area (Å²) in [4.78, 5) is 25.1. The van der Waals surface area contributed by atoms with Gasteiger partial charge in [-0.3, -0.25) is 4.98 Å². The van der Waals surface area contributed by atoms with Gasteiger partial charge in [0, 0.05) is 54.9 Å². The maximum atomic E-state index is 12.8. The number of pyridine rings is 1. The van der Waals surface area contributed by atoms with E-state index in [0.717, 1.165) is 28.4 Å². The van der Waals surface area contributed by atoms with Gasteiger partial charge < -0.3 is 15.1 Å². The third kappa shape index (κ3) is 5.60. The molecule has 140 valence electrons. The van der Waals surface area contributed by atoms with Crippen LogP contribution in [0.2, 0.25) is 0 Å². The van der Waals surface area contributed by atoms with E-state index in [0.29, 0.717) is 13.1 Å². The number of carbonyl (C=O) groups is 1. The summed E-state index contributed by atoms with van der Waals surface area (Å²) in [5.74, 6) is 0. The second-order valence-corrected chi connectivity index (χ2v) is 7.33. The fourth-order valence-electron chi connectivity index (χ4n) is 2.55. The van der Waals surface area contributed by atoms with Crippen LogP contribution in [0.4, 0.5) is 10.5 Å². The summed E-state index contributed by atoms with van der Waals surface area (Å²) < 4.78 is 0. The lowest BCUT2D eigenvalue weighted by atomic mass is 10.2. The van der Waals surface area contributed by atoms with Crippen molar-refractivity contribution in [2.45, 2.75) is 6.54 Å². The number of thiazole rings is 1. The van der Waals surface area contributed by atoms with Crippen LogP contribution in [0.25, 0.3) is 10.6 Å². The molecule has 0 saturated carbocycles. The van der Waals surface area contributed by atoms with Crippen LogP contribution in [-0.4, -0.2) is 53.0 Å². The number of rotatable bonds is 7. The number of hydrogen-bond donors (Lipinski definition) is 1. The standard InChI is InChI=1S/C20H23N5OS/c1-24(2)11-12-25(15-16-4-3-9-21-14-16)20(26)23-18-7-5-17(6-8-18)19-22-10-13-27-19/h3-10,13-14H,11-12,15H2,1-2H3,(H,23,26). The average molecular weight is 382 g/mol. The summed E-state index contributed by atoms with van der Waals surface area (Å²) >= 11 is 1.59. The minimum Gasteiger partial charge on any atom is -0.319 e. The molecule has 27 heavy (non-hydrogen) atoms. The molecule has 7 heteroatoms. The minimum atomic E-state index is -0.122. The monoisotopic (exact) mass is 381 g/mol. The van der Waals surface area contributed by atoms with Crippen molar-refractivity contribution in [2.75, 3.05) is 32.5 Å². The first-order valence-corrected chi connectivity index (χ1v) is 9.59. The van der Waals surface area contributed by atoms with Crippen molar-refractivity contribution in [3.05, 3.63) is 65.9 Å². The lowest BCUT2D eigenvalue weighted by Crippen LogP contribution is -2.39. The molecule has 0 saturated heterocycles. The van der Waals surface area contributed by atoms with Crippen molar-refractivity contribution in [3.8, 4) is 10.6 Å². The Bertz CT molecular complexity index is 835. The number of aromatic nitrogens is 2. The molecule has 3 aromatic rings. The van der Waals surface area contributed by atoms with Crippen LogP contribution in [0.5, 0.6) is 0 Å². The molecule has 0 aliphatic carbocycles. The van der Waals surface area contributed by atoms with Gasteiger partial charge in [0.25, 0.3) is 0 Å². The molecule has 0 fully saturated rings. The zero-order valence-electron chi connectivity index (χ0n) is 15.5. The van der Waals surface area contributed by atoms with Gasteiger partial charge in [0.15, 0.2) is 0 Å². The third-order valence-corrected chi connectivity index (χ3v) is 4.84. The van der Waals surface area contributed by atoms with Gasteiger partial charge in [0.1, 0.15) is 5.01 Å². The molecule has 1 N–H and O–H groups in total. The summed E-state index contributed by atoms with van der Waals surface area (Å²) in [7, 11) is 4.00. The highest BCUT2D eigenvalue weighted by Crippen LogP contribution is 2.23. The van der Waals surface area contributed by atoms with Crippen molar-refractivity contribution in [3.63, 3.8) is 0 Å². The van der Waals surface area contributed by atoms with E-state index in [1.807, 2.05) is 55.9 Å². The molecule has 0 aliphatic rings. The Morgan fingerprint density at radius 3 is 2.56 bits per heavy atom. The Balaban J connectivity index is 1.67. The zero-order chi connectivity index (χ0) is 19.1. The second kappa shape index (κ2) is 9.25.